The zero-order valence-electron chi connectivity index (χ0n) is 13.3. The predicted molar refractivity (Wildman–Crippen MR) is 87.9 cm³/mol. The van der Waals surface area contributed by atoms with Crippen LogP contribution >= 0.6 is 0 Å². The first-order valence-corrected chi connectivity index (χ1v) is 8.04. The molecule has 0 fully saturated rings. The number of nitrogens with zero attached hydrogens (tertiary/aromatic N) is 2. The Morgan fingerprint density at radius 3 is 2.38 bits per heavy atom. The minimum atomic E-state index is -1.95. The van der Waals surface area contributed by atoms with Crippen LogP contribution in [-0.4, -0.2) is 33.3 Å². The first kappa shape index (κ1) is 17.5. The molecule has 0 aliphatic rings. The lowest BCUT2D eigenvalue weighted by molar-refractivity contribution is 0.0596. The molecule has 126 valence electrons. The van der Waals surface area contributed by atoms with Crippen LogP contribution in [0.5, 0.6) is 0 Å². The van der Waals surface area contributed by atoms with Crippen molar-refractivity contribution in [2.75, 3.05) is 12.4 Å². The molecule has 0 aliphatic heterocycles. The number of carbonyl (C=O) groups is 2. The fourth-order valence-electron chi connectivity index (χ4n) is 1.95. The van der Waals surface area contributed by atoms with Gasteiger partial charge in [0.2, 0.25) is 5.95 Å². The lowest BCUT2D eigenvalue weighted by Gasteiger charge is -2.09. The first-order chi connectivity index (χ1) is 11.4. The highest BCUT2D eigenvalue weighted by Crippen LogP contribution is 2.13. The van der Waals surface area contributed by atoms with Gasteiger partial charge in [0.05, 0.1) is 17.6 Å². The van der Waals surface area contributed by atoms with Gasteiger partial charge in [0.15, 0.2) is 11.0 Å². The van der Waals surface area contributed by atoms with Gasteiger partial charge in [-0.05, 0) is 32.0 Å². The lowest BCUT2D eigenvalue weighted by Crippen LogP contribution is -2.32. The lowest BCUT2D eigenvalue weighted by atomic mass is 10.2. The SMILES string of the molecule is COC(=O)c1ccccc1S(=O)NC(=O)Nc1nc(C)cc(C)n1. The van der Waals surface area contributed by atoms with E-state index >= 15 is 0 Å². The van der Waals surface area contributed by atoms with E-state index in [0.29, 0.717) is 11.4 Å². The van der Waals surface area contributed by atoms with E-state index in [9.17, 15) is 13.8 Å². The summed E-state index contributed by atoms with van der Waals surface area (Å²) in [5.41, 5.74) is 1.49. The summed E-state index contributed by atoms with van der Waals surface area (Å²) in [7, 11) is -0.728. The molecule has 0 saturated heterocycles. The molecule has 0 aliphatic carbocycles. The summed E-state index contributed by atoms with van der Waals surface area (Å²) in [6.45, 7) is 3.53. The molecule has 0 bridgehead atoms. The average Bonchev–Trinajstić information content (AvgIpc) is 2.52. The fraction of sp³-hybridized carbons (Fsp3) is 0.200. The molecule has 9 heteroatoms. The van der Waals surface area contributed by atoms with Crippen molar-refractivity contribution in [2.24, 2.45) is 0 Å². The highest BCUT2D eigenvalue weighted by molar-refractivity contribution is 7.83. The van der Waals surface area contributed by atoms with E-state index in [1.165, 1.54) is 19.2 Å². The van der Waals surface area contributed by atoms with E-state index in [4.69, 9.17) is 0 Å². The molecule has 1 aromatic heterocycles. The number of anilines is 1. The summed E-state index contributed by atoms with van der Waals surface area (Å²) < 4.78 is 19.2. The number of rotatable bonds is 4. The van der Waals surface area contributed by atoms with Gasteiger partial charge in [-0.15, -0.1) is 0 Å². The van der Waals surface area contributed by atoms with E-state index in [1.54, 1.807) is 32.0 Å². The van der Waals surface area contributed by atoms with Crippen LogP contribution in [0.2, 0.25) is 0 Å². The maximum absolute atomic E-state index is 12.3. The summed E-state index contributed by atoms with van der Waals surface area (Å²) in [6.07, 6.45) is 0. The Bertz CT molecular complexity index is 790. The molecular formula is C15H16N4O4S. The smallest absolute Gasteiger partial charge is 0.339 e. The number of aryl methyl sites for hydroxylation is 2. The normalized spacial score (nSPS) is 11.5. The molecule has 1 aromatic carbocycles. The summed E-state index contributed by atoms with van der Waals surface area (Å²) >= 11 is 0. The topological polar surface area (TPSA) is 110 Å². The average molecular weight is 348 g/mol. The number of urea groups is 1. The summed E-state index contributed by atoms with van der Waals surface area (Å²) in [5.74, 6) is -0.540. The van der Waals surface area contributed by atoms with Crippen molar-refractivity contribution in [2.45, 2.75) is 18.7 Å². The molecule has 1 atom stereocenters. The Morgan fingerprint density at radius 2 is 1.75 bits per heavy atom. The van der Waals surface area contributed by atoms with Gasteiger partial charge in [0.25, 0.3) is 0 Å². The molecule has 2 rings (SSSR count). The molecule has 1 heterocycles. The summed E-state index contributed by atoms with van der Waals surface area (Å²) in [5, 5.41) is 2.41. The van der Waals surface area contributed by atoms with Gasteiger partial charge in [-0.3, -0.25) is 10.0 Å². The molecule has 2 N–H and O–H groups in total. The van der Waals surface area contributed by atoms with Gasteiger partial charge < -0.3 is 4.74 Å². The Hall–Kier alpha value is -2.81. The molecule has 0 radical (unpaired) electrons. The predicted octanol–water partition coefficient (Wildman–Crippen LogP) is 1.72. The first-order valence-electron chi connectivity index (χ1n) is 6.89. The minimum Gasteiger partial charge on any atom is -0.465 e. The summed E-state index contributed by atoms with van der Waals surface area (Å²) in [4.78, 5) is 31.9. The maximum atomic E-state index is 12.3. The van der Waals surface area contributed by atoms with E-state index in [1.807, 2.05) is 0 Å². The summed E-state index contributed by atoms with van der Waals surface area (Å²) in [6, 6.07) is 7.15. The van der Waals surface area contributed by atoms with Crippen LogP contribution in [-0.2, 0) is 15.7 Å². The second-order valence-electron chi connectivity index (χ2n) is 4.79. The number of carbonyl (C=O) groups excluding carboxylic acids is 2. The third-order valence-corrected chi connectivity index (χ3v) is 4.01. The Morgan fingerprint density at radius 1 is 1.12 bits per heavy atom. The van der Waals surface area contributed by atoms with Gasteiger partial charge in [0, 0.05) is 11.4 Å². The van der Waals surface area contributed by atoms with Gasteiger partial charge >= 0.3 is 12.0 Å². The van der Waals surface area contributed by atoms with Crippen LogP contribution in [0.3, 0.4) is 0 Å². The third kappa shape index (κ3) is 4.35. The highest BCUT2D eigenvalue weighted by atomic mass is 32.2. The quantitative estimate of drug-likeness (QED) is 0.814. The monoisotopic (exact) mass is 348 g/mol. The largest absolute Gasteiger partial charge is 0.465 e. The number of hydrogen-bond donors (Lipinski definition) is 2. The van der Waals surface area contributed by atoms with Crippen LogP contribution < -0.4 is 10.0 Å². The van der Waals surface area contributed by atoms with Crippen molar-refractivity contribution >= 4 is 28.9 Å². The van der Waals surface area contributed by atoms with Crippen LogP contribution in [0.25, 0.3) is 0 Å². The van der Waals surface area contributed by atoms with Crippen LogP contribution in [0.15, 0.2) is 35.2 Å². The minimum absolute atomic E-state index is 0.100. The number of ether oxygens (including phenoxy) is 1. The molecule has 0 saturated carbocycles. The van der Waals surface area contributed by atoms with Gasteiger partial charge in [-0.1, -0.05) is 12.1 Å². The number of amides is 2. The molecule has 24 heavy (non-hydrogen) atoms. The van der Waals surface area contributed by atoms with E-state index in [-0.39, 0.29) is 16.4 Å². The Kier molecular flexibility index (Phi) is 5.59. The third-order valence-electron chi connectivity index (χ3n) is 2.89. The number of hydrogen-bond acceptors (Lipinski definition) is 6. The van der Waals surface area contributed by atoms with Crippen molar-refractivity contribution in [3.63, 3.8) is 0 Å². The zero-order valence-corrected chi connectivity index (χ0v) is 14.1. The molecule has 8 nitrogen and oxygen atoms in total. The highest BCUT2D eigenvalue weighted by Gasteiger charge is 2.18. The van der Waals surface area contributed by atoms with Crippen molar-refractivity contribution in [3.05, 3.63) is 47.3 Å². The van der Waals surface area contributed by atoms with E-state index in [2.05, 4.69) is 24.7 Å². The second kappa shape index (κ2) is 7.64. The maximum Gasteiger partial charge on any atom is 0.339 e. The Labute approximate surface area is 141 Å². The molecule has 0 spiro atoms. The number of esters is 1. The van der Waals surface area contributed by atoms with E-state index < -0.39 is 23.0 Å². The molecular weight excluding hydrogens is 332 g/mol. The van der Waals surface area contributed by atoms with Crippen molar-refractivity contribution in [1.82, 2.24) is 14.7 Å². The van der Waals surface area contributed by atoms with Crippen molar-refractivity contribution < 1.29 is 18.5 Å². The van der Waals surface area contributed by atoms with Crippen LogP contribution in [0.4, 0.5) is 10.7 Å². The van der Waals surface area contributed by atoms with Crippen molar-refractivity contribution in [3.8, 4) is 0 Å². The van der Waals surface area contributed by atoms with Crippen LogP contribution in [0, 0.1) is 13.8 Å². The molecule has 1 unspecified atom stereocenters. The Balaban J connectivity index is 2.12. The van der Waals surface area contributed by atoms with Gasteiger partial charge in [0.1, 0.15) is 0 Å². The second-order valence-corrected chi connectivity index (χ2v) is 5.97. The number of methoxy groups -OCH3 is 1. The van der Waals surface area contributed by atoms with Gasteiger partial charge in [-0.25, -0.2) is 23.8 Å². The van der Waals surface area contributed by atoms with Crippen LogP contribution in [0.1, 0.15) is 21.7 Å². The number of nitrogens with one attached hydrogen (secondary N) is 2. The molecule has 2 aromatic rings. The standard InChI is InChI=1S/C15H16N4O4S/c1-9-8-10(2)17-14(16-9)18-15(21)19-24(22)12-7-5-4-6-11(12)13(20)23-3/h4-8H,1-3H3,(H2,16,17,18,19,21). The molecule has 2 amide bonds. The fourth-order valence-corrected chi connectivity index (χ4v) is 2.84. The van der Waals surface area contributed by atoms with Gasteiger partial charge in [-0.2, -0.15) is 0 Å². The number of benzene rings is 1. The number of aromatic nitrogens is 2. The van der Waals surface area contributed by atoms with E-state index in [0.717, 1.165) is 0 Å². The zero-order chi connectivity index (χ0) is 17.7. The van der Waals surface area contributed by atoms with Crippen molar-refractivity contribution in [1.29, 1.82) is 0 Å².